The maximum Gasteiger partial charge on any atom is 0.310 e. The fourth-order valence-corrected chi connectivity index (χ4v) is 4.12. The lowest BCUT2D eigenvalue weighted by Gasteiger charge is -2.21. The van der Waals surface area contributed by atoms with Crippen molar-refractivity contribution in [1.82, 2.24) is 5.32 Å². The van der Waals surface area contributed by atoms with Crippen molar-refractivity contribution in [2.75, 3.05) is 13.7 Å². The molecule has 1 saturated heterocycles. The van der Waals surface area contributed by atoms with Crippen LogP contribution in [0.4, 0.5) is 5.69 Å². The van der Waals surface area contributed by atoms with E-state index in [9.17, 15) is 23.3 Å². The molecule has 1 aromatic rings. The van der Waals surface area contributed by atoms with E-state index in [4.69, 9.17) is 4.74 Å². The van der Waals surface area contributed by atoms with Gasteiger partial charge in [0.25, 0.3) is 5.69 Å². The number of rotatable bonds is 5. The smallest absolute Gasteiger partial charge is 0.310 e. The summed E-state index contributed by atoms with van der Waals surface area (Å²) in [5.74, 6) is -1.05. The highest BCUT2D eigenvalue weighted by Gasteiger charge is 2.38. The van der Waals surface area contributed by atoms with E-state index in [1.807, 2.05) is 0 Å². The quantitative estimate of drug-likeness (QED) is 0.463. The van der Waals surface area contributed by atoms with Gasteiger partial charge in [-0.1, -0.05) is 0 Å². The summed E-state index contributed by atoms with van der Waals surface area (Å²) >= 11 is 0. The molecule has 0 radical (unpaired) electrons. The molecule has 1 fully saturated rings. The summed E-state index contributed by atoms with van der Waals surface area (Å²) in [5, 5.41) is 13.5. The van der Waals surface area contributed by atoms with Crippen LogP contribution in [0, 0.1) is 16.0 Å². The highest BCUT2D eigenvalue weighted by atomic mass is 35.5. The topological polar surface area (TPSA) is 116 Å². The Labute approximate surface area is 152 Å². The van der Waals surface area contributed by atoms with Crippen LogP contribution in [0.3, 0.4) is 0 Å². The number of nitrogens with zero attached hydrogens (tertiary/aromatic N) is 1. The molecule has 0 aromatic heterocycles. The van der Waals surface area contributed by atoms with Gasteiger partial charge in [-0.05, 0) is 38.4 Å². The second kappa shape index (κ2) is 8.11. The Kier molecular flexibility index (Phi) is 6.92. The molecule has 2 unspecified atom stereocenters. The summed E-state index contributed by atoms with van der Waals surface area (Å²) in [6.07, 6.45) is 0.473. The van der Waals surface area contributed by atoms with E-state index >= 15 is 0 Å². The molecule has 1 aromatic carbocycles. The summed E-state index contributed by atoms with van der Waals surface area (Å²) in [5.41, 5.74) is 0.0239. The first kappa shape index (κ1) is 21.3. The van der Waals surface area contributed by atoms with Gasteiger partial charge in [-0.3, -0.25) is 14.9 Å². The van der Waals surface area contributed by atoms with Crippen LogP contribution in [0.15, 0.2) is 23.1 Å². The first-order valence-corrected chi connectivity index (χ1v) is 9.08. The number of esters is 1. The molecule has 1 heterocycles. The van der Waals surface area contributed by atoms with Crippen LogP contribution in [0.2, 0.25) is 0 Å². The highest BCUT2D eigenvalue weighted by Crippen LogP contribution is 2.37. The molecule has 2 atom stereocenters. The van der Waals surface area contributed by atoms with Gasteiger partial charge in [0.15, 0.2) is 9.84 Å². The van der Waals surface area contributed by atoms with E-state index in [1.165, 1.54) is 25.3 Å². The summed E-state index contributed by atoms with van der Waals surface area (Å²) < 4.78 is 30.0. The molecular weight excluding hydrogens is 372 g/mol. The number of nitro groups is 1. The third kappa shape index (κ3) is 4.10. The Bertz CT molecular complexity index is 765. The van der Waals surface area contributed by atoms with Crippen molar-refractivity contribution >= 4 is 33.9 Å². The molecule has 2 rings (SSSR count). The van der Waals surface area contributed by atoms with Crippen molar-refractivity contribution in [2.24, 2.45) is 5.92 Å². The number of carbonyl (C=O) groups excluding carboxylic acids is 1. The lowest BCUT2D eigenvalue weighted by molar-refractivity contribution is -0.385. The number of methoxy groups -OCH3 is 1. The van der Waals surface area contributed by atoms with E-state index in [2.05, 4.69) is 5.32 Å². The monoisotopic (exact) mass is 392 g/mol. The highest BCUT2D eigenvalue weighted by molar-refractivity contribution is 7.92. The second-order valence-corrected chi connectivity index (χ2v) is 8.40. The van der Waals surface area contributed by atoms with Crippen LogP contribution >= 0.6 is 12.4 Å². The molecule has 0 aliphatic carbocycles. The van der Waals surface area contributed by atoms with Gasteiger partial charge in [0.1, 0.15) is 0 Å². The minimum absolute atomic E-state index is 0. The SMILES string of the molecule is COC(=O)C1CCNC1c1cc([N+](=O)[O-])ccc1S(=O)(=O)C(C)C.Cl. The average molecular weight is 393 g/mol. The first-order valence-electron chi connectivity index (χ1n) is 7.53. The molecule has 0 saturated carbocycles. The Morgan fingerprint density at radius 3 is 2.56 bits per heavy atom. The van der Waals surface area contributed by atoms with Crippen LogP contribution < -0.4 is 5.32 Å². The third-order valence-corrected chi connectivity index (χ3v) is 6.42. The van der Waals surface area contributed by atoms with Crippen molar-refractivity contribution in [3.05, 3.63) is 33.9 Å². The predicted octanol–water partition coefficient (Wildman–Crippen LogP) is 2.02. The number of ether oxygens (including phenoxy) is 1. The minimum Gasteiger partial charge on any atom is -0.469 e. The van der Waals surface area contributed by atoms with Crippen molar-refractivity contribution in [1.29, 1.82) is 0 Å². The third-order valence-electron chi connectivity index (χ3n) is 4.19. The summed E-state index contributed by atoms with van der Waals surface area (Å²) in [6.45, 7) is 3.58. The maximum absolute atomic E-state index is 12.6. The van der Waals surface area contributed by atoms with Gasteiger partial charge < -0.3 is 10.1 Å². The zero-order valence-electron chi connectivity index (χ0n) is 14.1. The minimum atomic E-state index is -3.66. The lowest BCUT2D eigenvalue weighted by atomic mass is 9.94. The molecule has 25 heavy (non-hydrogen) atoms. The zero-order chi connectivity index (χ0) is 18.1. The number of hydrogen-bond donors (Lipinski definition) is 1. The largest absolute Gasteiger partial charge is 0.469 e. The molecule has 0 spiro atoms. The van der Waals surface area contributed by atoms with E-state index in [-0.39, 0.29) is 28.6 Å². The van der Waals surface area contributed by atoms with Crippen molar-refractivity contribution < 1.29 is 22.9 Å². The van der Waals surface area contributed by atoms with E-state index < -0.39 is 37.9 Å². The van der Waals surface area contributed by atoms with Gasteiger partial charge in [-0.25, -0.2) is 8.42 Å². The number of carbonyl (C=O) groups is 1. The Morgan fingerprint density at radius 2 is 2.04 bits per heavy atom. The molecule has 10 heteroatoms. The molecule has 0 bridgehead atoms. The van der Waals surface area contributed by atoms with Crippen LogP contribution in [-0.2, 0) is 19.4 Å². The number of halogens is 1. The summed E-state index contributed by atoms with van der Waals surface area (Å²) in [7, 11) is -2.40. The van der Waals surface area contributed by atoms with E-state index in [1.54, 1.807) is 13.8 Å². The molecule has 0 amide bonds. The molecular formula is C15H21ClN2O6S. The van der Waals surface area contributed by atoms with Gasteiger partial charge in [0, 0.05) is 18.2 Å². The standard InChI is InChI=1S/C15H20N2O6S.ClH/c1-9(2)24(21,22)13-5-4-10(17(19)20)8-12(13)14-11(6-7-16-14)15(18)23-3;/h4-5,8-9,11,14,16H,6-7H2,1-3H3;1H. The Hall–Kier alpha value is -1.71. The number of non-ortho nitro benzene ring substituents is 1. The molecule has 1 N–H and O–H groups in total. The van der Waals surface area contributed by atoms with Gasteiger partial charge in [0.05, 0.1) is 28.1 Å². The maximum atomic E-state index is 12.6. The number of benzene rings is 1. The molecule has 1 aliphatic heterocycles. The van der Waals surface area contributed by atoms with Crippen molar-refractivity contribution in [3.8, 4) is 0 Å². The van der Waals surface area contributed by atoms with Crippen LogP contribution in [0.25, 0.3) is 0 Å². The number of nitro benzene ring substituents is 1. The van der Waals surface area contributed by atoms with Crippen molar-refractivity contribution in [3.63, 3.8) is 0 Å². The second-order valence-electron chi connectivity index (χ2n) is 5.92. The fourth-order valence-electron chi connectivity index (χ4n) is 2.84. The summed E-state index contributed by atoms with van der Waals surface area (Å²) in [6, 6.07) is 3.01. The zero-order valence-corrected chi connectivity index (χ0v) is 15.7. The van der Waals surface area contributed by atoms with Gasteiger partial charge in [-0.2, -0.15) is 0 Å². The normalized spacial score (nSPS) is 20.2. The first-order chi connectivity index (χ1) is 11.2. The van der Waals surface area contributed by atoms with Crippen LogP contribution in [-0.4, -0.2) is 38.2 Å². The van der Waals surface area contributed by atoms with Crippen LogP contribution in [0.5, 0.6) is 0 Å². The van der Waals surface area contributed by atoms with E-state index in [0.29, 0.717) is 13.0 Å². The van der Waals surface area contributed by atoms with Gasteiger partial charge in [-0.15, -0.1) is 12.4 Å². The van der Waals surface area contributed by atoms with Crippen LogP contribution in [0.1, 0.15) is 31.9 Å². The van der Waals surface area contributed by atoms with Gasteiger partial charge in [0.2, 0.25) is 0 Å². The predicted molar refractivity (Wildman–Crippen MR) is 93.5 cm³/mol. The average Bonchev–Trinajstić information content (AvgIpc) is 3.02. The Balaban J connectivity index is 0.00000312. The number of nitrogens with one attached hydrogen (secondary N) is 1. The van der Waals surface area contributed by atoms with E-state index in [0.717, 1.165) is 0 Å². The van der Waals surface area contributed by atoms with Gasteiger partial charge >= 0.3 is 5.97 Å². The lowest BCUT2D eigenvalue weighted by Crippen LogP contribution is -2.27. The Morgan fingerprint density at radius 1 is 1.40 bits per heavy atom. The fraction of sp³-hybridized carbons (Fsp3) is 0.533. The molecule has 8 nitrogen and oxygen atoms in total. The molecule has 140 valence electrons. The summed E-state index contributed by atoms with van der Waals surface area (Å²) in [4.78, 5) is 22.5. The van der Waals surface area contributed by atoms with Crippen molar-refractivity contribution in [2.45, 2.75) is 36.5 Å². The number of sulfone groups is 1. The molecule has 1 aliphatic rings. The number of hydrogen-bond acceptors (Lipinski definition) is 7.